The Kier molecular flexibility index (Phi) is 3.33. The summed E-state index contributed by atoms with van der Waals surface area (Å²) in [6, 6.07) is 5.82. The highest BCUT2D eigenvalue weighted by atomic mass is 16.4. The van der Waals surface area contributed by atoms with Crippen molar-refractivity contribution in [2.75, 3.05) is 0 Å². The summed E-state index contributed by atoms with van der Waals surface area (Å²) in [5, 5.41) is 38.6. The van der Waals surface area contributed by atoms with E-state index in [2.05, 4.69) is 0 Å². The molecule has 0 radical (unpaired) electrons. The van der Waals surface area contributed by atoms with Gasteiger partial charge in [0.05, 0.1) is 0 Å². The van der Waals surface area contributed by atoms with E-state index in [9.17, 15) is 24.9 Å². The van der Waals surface area contributed by atoms with Gasteiger partial charge < -0.3 is 20.4 Å². The van der Waals surface area contributed by atoms with Crippen molar-refractivity contribution in [1.82, 2.24) is 0 Å². The number of carbonyl (C=O) groups is 2. The molecule has 104 valence electrons. The third kappa shape index (κ3) is 1.96. The maximum absolute atomic E-state index is 11.4. The SMILES string of the molecule is O=C(O)C1C=CC=C(c2ccccc2O)C1(O)C(=O)O. The van der Waals surface area contributed by atoms with Crippen LogP contribution in [-0.4, -0.2) is 38.0 Å². The fourth-order valence-corrected chi connectivity index (χ4v) is 2.20. The van der Waals surface area contributed by atoms with Crippen molar-refractivity contribution in [2.45, 2.75) is 5.60 Å². The molecule has 0 bridgehead atoms. The molecule has 2 rings (SSSR count). The summed E-state index contributed by atoms with van der Waals surface area (Å²) in [5.41, 5.74) is -2.73. The Hall–Kier alpha value is -2.60. The molecule has 0 saturated carbocycles. The van der Waals surface area contributed by atoms with Gasteiger partial charge in [-0.25, -0.2) is 4.79 Å². The van der Waals surface area contributed by atoms with Gasteiger partial charge in [0, 0.05) is 11.1 Å². The molecule has 2 atom stereocenters. The molecule has 4 N–H and O–H groups in total. The average Bonchev–Trinajstić information content (AvgIpc) is 2.39. The van der Waals surface area contributed by atoms with E-state index in [-0.39, 0.29) is 16.9 Å². The zero-order valence-electron chi connectivity index (χ0n) is 10.2. The molecule has 0 saturated heterocycles. The second kappa shape index (κ2) is 4.82. The molecule has 0 aliphatic heterocycles. The van der Waals surface area contributed by atoms with Crippen LogP contribution in [0.3, 0.4) is 0 Å². The van der Waals surface area contributed by atoms with Crippen LogP contribution in [0.5, 0.6) is 5.75 Å². The van der Waals surface area contributed by atoms with Gasteiger partial charge in [-0.05, 0) is 6.07 Å². The molecule has 1 aromatic carbocycles. The van der Waals surface area contributed by atoms with Gasteiger partial charge in [-0.3, -0.25) is 4.79 Å². The van der Waals surface area contributed by atoms with E-state index in [1.807, 2.05) is 0 Å². The number of aromatic hydroxyl groups is 1. The molecule has 0 spiro atoms. The first-order valence-electron chi connectivity index (χ1n) is 5.75. The first-order valence-corrected chi connectivity index (χ1v) is 5.75. The summed E-state index contributed by atoms with van der Waals surface area (Å²) in [4.78, 5) is 22.6. The molecule has 6 nitrogen and oxygen atoms in total. The number of allylic oxidation sites excluding steroid dienone is 2. The van der Waals surface area contributed by atoms with E-state index in [1.54, 1.807) is 6.07 Å². The van der Waals surface area contributed by atoms with E-state index in [4.69, 9.17) is 5.11 Å². The quantitative estimate of drug-likeness (QED) is 0.651. The molecule has 1 aromatic rings. The summed E-state index contributed by atoms with van der Waals surface area (Å²) in [5.74, 6) is -5.03. The lowest BCUT2D eigenvalue weighted by Gasteiger charge is -2.32. The number of aliphatic hydroxyl groups is 1. The molecule has 0 amide bonds. The number of para-hydroxylation sites is 1. The van der Waals surface area contributed by atoms with Crippen LogP contribution in [0.15, 0.2) is 42.5 Å². The van der Waals surface area contributed by atoms with Gasteiger partial charge in [0.2, 0.25) is 5.60 Å². The number of hydrogen-bond acceptors (Lipinski definition) is 4. The number of rotatable bonds is 3. The average molecular weight is 276 g/mol. The van der Waals surface area contributed by atoms with Crippen LogP contribution in [0, 0.1) is 5.92 Å². The van der Waals surface area contributed by atoms with Crippen LogP contribution in [0.25, 0.3) is 5.57 Å². The molecular formula is C14H12O6. The van der Waals surface area contributed by atoms with E-state index >= 15 is 0 Å². The predicted molar refractivity (Wildman–Crippen MR) is 68.9 cm³/mol. The number of phenols is 1. The van der Waals surface area contributed by atoms with Crippen molar-refractivity contribution in [3.63, 3.8) is 0 Å². The van der Waals surface area contributed by atoms with Crippen molar-refractivity contribution < 1.29 is 30.0 Å². The highest BCUT2D eigenvalue weighted by Crippen LogP contribution is 2.40. The summed E-state index contributed by atoms with van der Waals surface area (Å²) in [6.07, 6.45) is 3.72. The summed E-state index contributed by atoms with van der Waals surface area (Å²) in [6.45, 7) is 0. The Bertz CT molecular complexity index is 630. The fourth-order valence-electron chi connectivity index (χ4n) is 2.20. The minimum atomic E-state index is -2.64. The lowest BCUT2D eigenvalue weighted by Crippen LogP contribution is -2.50. The van der Waals surface area contributed by atoms with E-state index < -0.39 is 23.5 Å². The molecule has 2 unspecified atom stereocenters. The lowest BCUT2D eigenvalue weighted by atomic mass is 9.75. The first kappa shape index (κ1) is 13.8. The van der Waals surface area contributed by atoms with E-state index in [1.165, 1.54) is 30.4 Å². The monoisotopic (exact) mass is 276 g/mol. The van der Waals surface area contributed by atoms with Gasteiger partial charge >= 0.3 is 11.9 Å². The number of hydrogen-bond donors (Lipinski definition) is 4. The largest absolute Gasteiger partial charge is 0.507 e. The molecule has 1 aliphatic carbocycles. The molecule has 1 aliphatic rings. The summed E-state index contributed by atoms with van der Waals surface area (Å²) >= 11 is 0. The van der Waals surface area contributed by atoms with Crippen molar-refractivity contribution in [3.05, 3.63) is 48.1 Å². The molecule has 0 aromatic heterocycles. The Morgan fingerprint density at radius 2 is 1.80 bits per heavy atom. The normalized spacial score (nSPS) is 25.1. The first-order chi connectivity index (χ1) is 9.39. The van der Waals surface area contributed by atoms with E-state index in [0.717, 1.165) is 6.08 Å². The van der Waals surface area contributed by atoms with Crippen molar-refractivity contribution >= 4 is 17.5 Å². The maximum atomic E-state index is 11.4. The van der Waals surface area contributed by atoms with Crippen LogP contribution >= 0.6 is 0 Å². The number of carboxylic acids is 2. The van der Waals surface area contributed by atoms with Gasteiger partial charge in [0.25, 0.3) is 0 Å². The summed E-state index contributed by atoms with van der Waals surface area (Å²) < 4.78 is 0. The lowest BCUT2D eigenvalue weighted by molar-refractivity contribution is -0.164. The van der Waals surface area contributed by atoms with Gasteiger partial charge in [0.15, 0.2) is 0 Å². The van der Waals surface area contributed by atoms with E-state index in [0.29, 0.717) is 0 Å². The van der Waals surface area contributed by atoms with Crippen LogP contribution in [0.2, 0.25) is 0 Å². The van der Waals surface area contributed by atoms with Crippen LogP contribution in [-0.2, 0) is 9.59 Å². The molecule has 0 fully saturated rings. The number of phenolic OH excluding ortho intramolecular Hbond substituents is 1. The van der Waals surface area contributed by atoms with Crippen molar-refractivity contribution in [2.24, 2.45) is 5.92 Å². The van der Waals surface area contributed by atoms with Gasteiger partial charge in [-0.15, -0.1) is 0 Å². The molecule has 20 heavy (non-hydrogen) atoms. The standard InChI is InChI=1S/C14H12O6/c15-11-7-2-1-4-8(11)9-5-3-6-10(12(16)17)14(9,20)13(18)19/h1-7,10,15,20H,(H,16,17)(H,18,19). The van der Waals surface area contributed by atoms with Gasteiger partial charge in [-0.2, -0.15) is 0 Å². The fraction of sp³-hybridized carbons (Fsp3) is 0.143. The Balaban J connectivity index is 2.65. The minimum absolute atomic E-state index is 0.0769. The molecule has 6 heteroatoms. The summed E-state index contributed by atoms with van der Waals surface area (Å²) in [7, 11) is 0. The second-order valence-corrected chi connectivity index (χ2v) is 4.37. The topological polar surface area (TPSA) is 115 Å². The molecule has 0 heterocycles. The third-order valence-corrected chi connectivity index (χ3v) is 3.21. The Labute approximate surface area is 113 Å². The third-order valence-electron chi connectivity index (χ3n) is 3.21. The van der Waals surface area contributed by atoms with Crippen LogP contribution in [0.4, 0.5) is 0 Å². The highest BCUT2D eigenvalue weighted by Gasteiger charge is 2.52. The molecular weight excluding hydrogens is 264 g/mol. The zero-order chi connectivity index (χ0) is 14.9. The smallest absolute Gasteiger partial charge is 0.341 e. The number of benzene rings is 1. The predicted octanol–water partition coefficient (Wildman–Crippen LogP) is 0.862. The van der Waals surface area contributed by atoms with Crippen molar-refractivity contribution in [3.8, 4) is 5.75 Å². The van der Waals surface area contributed by atoms with Gasteiger partial charge in [0.1, 0.15) is 11.7 Å². The number of carboxylic acid groups (broad SMARTS) is 2. The highest BCUT2D eigenvalue weighted by molar-refractivity contribution is 6.02. The maximum Gasteiger partial charge on any atom is 0.341 e. The Morgan fingerprint density at radius 1 is 1.15 bits per heavy atom. The van der Waals surface area contributed by atoms with Crippen LogP contribution < -0.4 is 0 Å². The number of aliphatic carboxylic acids is 2. The zero-order valence-corrected chi connectivity index (χ0v) is 10.2. The van der Waals surface area contributed by atoms with Crippen LogP contribution in [0.1, 0.15) is 5.56 Å². The van der Waals surface area contributed by atoms with Crippen molar-refractivity contribution in [1.29, 1.82) is 0 Å². The minimum Gasteiger partial charge on any atom is -0.507 e. The second-order valence-electron chi connectivity index (χ2n) is 4.37. The Morgan fingerprint density at radius 3 is 2.35 bits per heavy atom. The van der Waals surface area contributed by atoms with Gasteiger partial charge in [-0.1, -0.05) is 36.4 Å².